The molecule has 1 saturated heterocycles. The number of amides is 1. The highest BCUT2D eigenvalue weighted by Crippen LogP contribution is 2.12. The van der Waals surface area contributed by atoms with Gasteiger partial charge < -0.3 is 10.2 Å². The lowest BCUT2D eigenvalue weighted by atomic mass is 10.3. The Bertz CT molecular complexity index is 323. The Hall–Kier alpha value is -0.590. The highest BCUT2D eigenvalue weighted by atomic mass is 32.2. The van der Waals surface area contributed by atoms with E-state index in [2.05, 4.69) is 10.3 Å². The van der Waals surface area contributed by atoms with Crippen molar-refractivity contribution in [2.45, 2.75) is 5.75 Å². The molecule has 0 aliphatic carbocycles. The summed E-state index contributed by atoms with van der Waals surface area (Å²) in [5.74, 6) is 1.65. The monoisotopic (exact) mass is 257 g/mol. The molecule has 6 heteroatoms. The maximum atomic E-state index is 11.8. The van der Waals surface area contributed by atoms with Gasteiger partial charge in [-0.2, -0.15) is 0 Å². The standard InChI is InChI=1S/C10H15N3OS2/c14-10(13-3-1-11-2-4-13)7-15-5-9-6-16-8-12-9/h6,8,11H,1-5,7H2. The zero-order chi connectivity index (χ0) is 11.2. The van der Waals surface area contributed by atoms with Gasteiger partial charge in [-0.25, -0.2) is 4.98 Å². The first-order valence-electron chi connectivity index (χ1n) is 5.29. The quantitative estimate of drug-likeness (QED) is 0.867. The van der Waals surface area contributed by atoms with Crippen molar-refractivity contribution in [1.29, 1.82) is 0 Å². The molecule has 16 heavy (non-hydrogen) atoms. The molecular weight excluding hydrogens is 242 g/mol. The van der Waals surface area contributed by atoms with Crippen LogP contribution in [0.1, 0.15) is 5.69 Å². The molecular formula is C10H15N3OS2. The van der Waals surface area contributed by atoms with Crippen LogP contribution in [-0.4, -0.2) is 47.7 Å². The van der Waals surface area contributed by atoms with Gasteiger partial charge in [0.15, 0.2) is 0 Å². The molecule has 0 saturated carbocycles. The second kappa shape index (κ2) is 6.22. The molecule has 0 aromatic carbocycles. The van der Waals surface area contributed by atoms with Crippen molar-refractivity contribution in [3.05, 3.63) is 16.6 Å². The molecule has 0 radical (unpaired) electrons. The fourth-order valence-electron chi connectivity index (χ4n) is 1.56. The molecule has 1 aliphatic heterocycles. The van der Waals surface area contributed by atoms with Crippen LogP contribution < -0.4 is 5.32 Å². The van der Waals surface area contributed by atoms with E-state index in [-0.39, 0.29) is 5.91 Å². The second-order valence-electron chi connectivity index (χ2n) is 3.60. The van der Waals surface area contributed by atoms with Crippen molar-refractivity contribution < 1.29 is 4.79 Å². The Balaban J connectivity index is 1.67. The molecule has 2 rings (SSSR count). The van der Waals surface area contributed by atoms with E-state index in [1.165, 1.54) is 0 Å². The van der Waals surface area contributed by atoms with Gasteiger partial charge in [0.05, 0.1) is 17.0 Å². The minimum Gasteiger partial charge on any atom is -0.339 e. The van der Waals surface area contributed by atoms with Gasteiger partial charge in [-0.3, -0.25) is 4.79 Å². The summed E-state index contributed by atoms with van der Waals surface area (Å²) in [5, 5.41) is 5.27. The first-order valence-corrected chi connectivity index (χ1v) is 7.39. The summed E-state index contributed by atoms with van der Waals surface area (Å²) < 4.78 is 0. The lowest BCUT2D eigenvalue weighted by Gasteiger charge is -2.27. The zero-order valence-electron chi connectivity index (χ0n) is 9.02. The third kappa shape index (κ3) is 3.47. The first kappa shape index (κ1) is 11.9. The SMILES string of the molecule is O=C(CSCc1cscn1)N1CCNCC1. The summed E-state index contributed by atoms with van der Waals surface area (Å²) in [6, 6.07) is 0. The zero-order valence-corrected chi connectivity index (χ0v) is 10.6. The van der Waals surface area contributed by atoms with Gasteiger partial charge in [-0.05, 0) is 0 Å². The number of hydrogen-bond acceptors (Lipinski definition) is 5. The number of thiazole rings is 1. The van der Waals surface area contributed by atoms with E-state index in [9.17, 15) is 4.79 Å². The molecule has 2 heterocycles. The van der Waals surface area contributed by atoms with E-state index in [1.807, 2.05) is 15.8 Å². The Labute approximate surface area is 103 Å². The molecule has 0 bridgehead atoms. The Morgan fingerprint density at radius 1 is 1.56 bits per heavy atom. The van der Waals surface area contributed by atoms with Gasteiger partial charge in [0.1, 0.15) is 0 Å². The predicted molar refractivity (Wildman–Crippen MR) is 67.7 cm³/mol. The van der Waals surface area contributed by atoms with Crippen molar-refractivity contribution in [3.63, 3.8) is 0 Å². The van der Waals surface area contributed by atoms with Gasteiger partial charge in [-0.15, -0.1) is 23.1 Å². The molecule has 0 atom stereocenters. The minimum absolute atomic E-state index is 0.252. The number of nitrogens with one attached hydrogen (secondary N) is 1. The fraction of sp³-hybridized carbons (Fsp3) is 0.600. The van der Waals surface area contributed by atoms with Crippen LogP contribution in [0, 0.1) is 0 Å². The van der Waals surface area contributed by atoms with Gasteiger partial charge in [-0.1, -0.05) is 0 Å². The smallest absolute Gasteiger partial charge is 0.232 e. The lowest BCUT2D eigenvalue weighted by Crippen LogP contribution is -2.47. The molecule has 0 spiro atoms. The number of rotatable bonds is 4. The van der Waals surface area contributed by atoms with E-state index >= 15 is 0 Å². The van der Waals surface area contributed by atoms with Crippen LogP contribution in [0.4, 0.5) is 0 Å². The molecule has 1 fully saturated rings. The summed E-state index contributed by atoms with van der Waals surface area (Å²) in [7, 11) is 0. The van der Waals surface area contributed by atoms with E-state index in [4.69, 9.17) is 0 Å². The van der Waals surface area contributed by atoms with Crippen LogP contribution in [0.5, 0.6) is 0 Å². The fourth-order valence-corrected chi connectivity index (χ4v) is 3.05. The van der Waals surface area contributed by atoms with Gasteiger partial charge in [0, 0.05) is 37.3 Å². The number of carbonyl (C=O) groups excluding carboxylic acids is 1. The van der Waals surface area contributed by atoms with Crippen molar-refractivity contribution in [1.82, 2.24) is 15.2 Å². The number of aromatic nitrogens is 1. The van der Waals surface area contributed by atoms with Crippen LogP contribution in [0.3, 0.4) is 0 Å². The summed E-state index contributed by atoms with van der Waals surface area (Å²) in [6.45, 7) is 3.52. The van der Waals surface area contributed by atoms with Gasteiger partial charge >= 0.3 is 0 Å². The Morgan fingerprint density at radius 3 is 3.06 bits per heavy atom. The molecule has 1 amide bonds. The Kier molecular flexibility index (Phi) is 4.62. The third-order valence-electron chi connectivity index (χ3n) is 2.43. The summed E-state index contributed by atoms with van der Waals surface area (Å²) >= 11 is 3.24. The maximum Gasteiger partial charge on any atom is 0.232 e. The number of nitrogens with zero attached hydrogens (tertiary/aromatic N) is 2. The second-order valence-corrected chi connectivity index (χ2v) is 5.31. The normalized spacial score (nSPS) is 16.4. The molecule has 88 valence electrons. The van der Waals surface area contributed by atoms with Crippen molar-refractivity contribution in [3.8, 4) is 0 Å². The highest BCUT2D eigenvalue weighted by Gasteiger charge is 2.15. The van der Waals surface area contributed by atoms with Crippen LogP contribution in [-0.2, 0) is 10.5 Å². The highest BCUT2D eigenvalue weighted by molar-refractivity contribution is 7.99. The number of thioether (sulfide) groups is 1. The van der Waals surface area contributed by atoms with Gasteiger partial charge in [0.2, 0.25) is 5.91 Å². The average molecular weight is 257 g/mol. The molecule has 4 nitrogen and oxygen atoms in total. The number of hydrogen-bond donors (Lipinski definition) is 1. The summed E-state index contributed by atoms with van der Waals surface area (Å²) in [6.07, 6.45) is 0. The first-order chi connectivity index (χ1) is 7.86. The van der Waals surface area contributed by atoms with E-state index < -0.39 is 0 Å². The largest absolute Gasteiger partial charge is 0.339 e. The van der Waals surface area contributed by atoms with Crippen LogP contribution >= 0.6 is 23.1 Å². The molecule has 1 aromatic rings. The van der Waals surface area contributed by atoms with E-state index in [0.717, 1.165) is 37.6 Å². The Morgan fingerprint density at radius 2 is 2.38 bits per heavy atom. The number of carbonyl (C=O) groups is 1. The molecule has 0 unspecified atom stereocenters. The molecule has 1 aliphatic rings. The van der Waals surface area contributed by atoms with Crippen LogP contribution in [0.2, 0.25) is 0 Å². The van der Waals surface area contributed by atoms with Crippen LogP contribution in [0.15, 0.2) is 10.9 Å². The van der Waals surface area contributed by atoms with Crippen LogP contribution in [0.25, 0.3) is 0 Å². The number of piperazine rings is 1. The van der Waals surface area contributed by atoms with Crippen molar-refractivity contribution in [2.24, 2.45) is 0 Å². The van der Waals surface area contributed by atoms with E-state index in [1.54, 1.807) is 23.1 Å². The average Bonchev–Trinajstić information content (AvgIpc) is 2.83. The summed E-state index contributed by atoms with van der Waals surface area (Å²) in [4.78, 5) is 17.9. The van der Waals surface area contributed by atoms with Crippen molar-refractivity contribution in [2.75, 3.05) is 31.9 Å². The topological polar surface area (TPSA) is 45.2 Å². The maximum absolute atomic E-state index is 11.8. The van der Waals surface area contributed by atoms with Crippen molar-refractivity contribution >= 4 is 29.0 Å². The third-order valence-corrected chi connectivity index (χ3v) is 4.01. The summed E-state index contributed by atoms with van der Waals surface area (Å²) in [5.41, 5.74) is 2.90. The molecule has 1 aromatic heterocycles. The predicted octanol–water partition coefficient (Wildman–Crippen LogP) is 0.808. The van der Waals surface area contributed by atoms with Gasteiger partial charge in [0.25, 0.3) is 0 Å². The molecule has 1 N–H and O–H groups in total. The minimum atomic E-state index is 0.252. The lowest BCUT2D eigenvalue weighted by molar-refractivity contribution is -0.128. The van der Waals surface area contributed by atoms with E-state index in [0.29, 0.717) is 5.75 Å².